The Balaban J connectivity index is 1.35. The van der Waals surface area contributed by atoms with E-state index in [-0.39, 0.29) is 25.3 Å². The predicted molar refractivity (Wildman–Crippen MR) is 154 cm³/mol. The number of ether oxygens (including phenoxy) is 1. The van der Waals surface area contributed by atoms with Crippen LogP contribution in [0.2, 0.25) is 0 Å². The lowest BCUT2D eigenvalue weighted by atomic mass is 10.0. The summed E-state index contributed by atoms with van der Waals surface area (Å²) in [6, 6.07) is 5.21. The second-order valence-corrected chi connectivity index (χ2v) is 12.3. The van der Waals surface area contributed by atoms with Crippen molar-refractivity contribution in [3.8, 4) is 0 Å². The Hall–Kier alpha value is -4.10. The lowest BCUT2D eigenvalue weighted by Crippen LogP contribution is -2.57. The summed E-state index contributed by atoms with van der Waals surface area (Å²) in [7, 11) is 0. The molecule has 5 atom stereocenters. The van der Waals surface area contributed by atoms with Crippen molar-refractivity contribution >= 4 is 29.7 Å². The van der Waals surface area contributed by atoms with Gasteiger partial charge in [0.1, 0.15) is 23.7 Å². The molecule has 1 aromatic rings. The molecule has 4 N–H and O–H groups in total. The molecule has 0 aromatic heterocycles. The van der Waals surface area contributed by atoms with E-state index in [9.17, 15) is 37.1 Å². The third-order valence-electron chi connectivity index (χ3n) is 9.02. The number of primary amides is 1. The standard InChI is InChI=1S/C31H38F3N5O6/c32-31(33,34)13-12-25(40)36-23-11-5-3-1-2-4-10-21-15-30(21,28(35)43)37-26(41)24-14-22(18-39(24)27(23)42)45-29(44)38-16-19-8-6-7-9-20(19)17-38/h4,6-10,21-24H,1-3,5,11-18H2,(H2,35,43)(H,36,40)(H,37,41)/b10-4-/t21-,22+,23-,24-,30+/m0/s1. The minimum absolute atomic E-state index is 0.0752. The van der Waals surface area contributed by atoms with Crippen molar-refractivity contribution in [3.63, 3.8) is 0 Å². The van der Waals surface area contributed by atoms with Crippen molar-refractivity contribution < 1.29 is 41.9 Å². The van der Waals surface area contributed by atoms with Gasteiger partial charge in [0.2, 0.25) is 23.6 Å². The number of rotatable bonds is 5. The van der Waals surface area contributed by atoms with Gasteiger partial charge in [-0.05, 0) is 36.8 Å². The van der Waals surface area contributed by atoms with Gasteiger partial charge in [-0.25, -0.2) is 4.79 Å². The fraction of sp³-hybridized carbons (Fsp3) is 0.581. The first-order chi connectivity index (χ1) is 21.4. The number of allylic oxidation sites excluding steroid dienone is 1. The molecule has 3 heterocycles. The average Bonchev–Trinajstić information content (AvgIpc) is 3.30. The van der Waals surface area contributed by atoms with E-state index in [4.69, 9.17) is 10.5 Å². The van der Waals surface area contributed by atoms with E-state index in [0.717, 1.165) is 17.5 Å². The maximum atomic E-state index is 13.9. The smallest absolute Gasteiger partial charge is 0.410 e. The SMILES string of the molecule is NC(=O)[C@@]12C[C@@H]1/C=C\CCCCC[C@H](NC(=O)CCC(F)(F)F)C(=O)N1C[C@H](OC(=O)N3Cc4ccccc4C3)C[C@H]1C(=O)N2. The fourth-order valence-electron chi connectivity index (χ4n) is 6.39. The number of amides is 5. The van der Waals surface area contributed by atoms with Crippen molar-refractivity contribution in [2.75, 3.05) is 6.54 Å². The van der Waals surface area contributed by atoms with Crippen LogP contribution in [0.15, 0.2) is 36.4 Å². The number of nitrogens with one attached hydrogen (secondary N) is 2. The van der Waals surface area contributed by atoms with Crippen LogP contribution in [-0.4, -0.2) is 76.0 Å². The van der Waals surface area contributed by atoms with Gasteiger partial charge in [0.05, 0.1) is 13.0 Å². The zero-order chi connectivity index (χ0) is 32.4. The van der Waals surface area contributed by atoms with Gasteiger partial charge in [-0.2, -0.15) is 13.2 Å². The second kappa shape index (κ2) is 13.1. The van der Waals surface area contributed by atoms with Crippen LogP contribution in [0, 0.1) is 5.92 Å². The van der Waals surface area contributed by atoms with E-state index < -0.39 is 72.5 Å². The molecular weight excluding hydrogens is 595 g/mol. The summed E-state index contributed by atoms with van der Waals surface area (Å²) in [5.41, 5.74) is 6.35. The molecule has 45 heavy (non-hydrogen) atoms. The predicted octanol–water partition coefficient (Wildman–Crippen LogP) is 2.82. The van der Waals surface area contributed by atoms with Crippen LogP contribution in [0.3, 0.4) is 0 Å². The zero-order valence-corrected chi connectivity index (χ0v) is 24.8. The molecule has 0 spiro atoms. The van der Waals surface area contributed by atoms with Gasteiger partial charge in [0.15, 0.2) is 0 Å². The number of nitrogens with zero attached hydrogens (tertiary/aromatic N) is 2. The largest absolute Gasteiger partial charge is 0.444 e. The van der Waals surface area contributed by atoms with Crippen molar-refractivity contribution in [1.29, 1.82) is 0 Å². The number of carbonyl (C=O) groups is 5. The summed E-state index contributed by atoms with van der Waals surface area (Å²) in [6.45, 7) is 0.512. The summed E-state index contributed by atoms with van der Waals surface area (Å²) in [5, 5.41) is 5.19. The van der Waals surface area contributed by atoms with Crippen molar-refractivity contribution in [1.82, 2.24) is 20.4 Å². The molecular formula is C31H38F3N5O6. The molecule has 2 fully saturated rings. The van der Waals surface area contributed by atoms with Gasteiger partial charge in [-0.1, -0.05) is 49.3 Å². The molecule has 0 unspecified atom stereocenters. The molecule has 1 aromatic carbocycles. The summed E-state index contributed by atoms with van der Waals surface area (Å²) in [5.74, 6) is -3.28. The van der Waals surface area contributed by atoms with Crippen molar-refractivity contribution in [2.45, 2.75) is 101 Å². The molecule has 5 rings (SSSR count). The Kier molecular flexibility index (Phi) is 9.40. The first-order valence-electron chi connectivity index (χ1n) is 15.3. The van der Waals surface area contributed by atoms with E-state index in [1.807, 2.05) is 36.4 Å². The Morgan fingerprint density at radius 3 is 2.47 bits per heavy atom. The number of halogens is 3. The van der Waals surface area contributed by atoms with Crippen LogP contribution >= 0.6 is 0 Å². The number of benzene rings is 1. The quantitative estimate of drug-likeness (QED) is 0.425. The summed E-state index contributed by atoms with van der Waals surface area (Å²) in [6.07, 6.45) is -1.49. The van der Waals surface area contributed by atoms with E-state index in [1.165, 1.54) is 9.80 Å². The van der Waals surface area contributed by atoms with E-state index in [2.05, 4.69) is 10.6 Å². The molecule has 11 nitrogen and oxygen atoms in total. The minimum atomic E-state index is -4.54. The molecule has 244 valence electrons. The topological polar surface area (TPSA) is 151 Å². The number of hydrogen-bond acceptors (Lipinski definition) is 6. The number of alkyl halides is 3. The highest BCUT2D eigenvalue weighted by atomic mass is 19.4. The van der Waals surface area contributed by atoms with Gasteiger partial charge in [-0.15, -0.1) is 0 Å². The van der Waals surface area contributed by atoms with E-state index >= 15 is 0 Å². The number of fused-ring (bicyclic) bond motifs is 3. The Bertz CT molecular complexity index is 1340. The van der Waals surface area contributed by atoms with Crippen LogP contribution in [0.5, 0.6) is 0 Å². The highest BCUT2D eigenvalue weighted by Gasteiger charge is 2.60. The molecule has 4 aliphatic rings. The van der Waals surface area contributed by atoms with Crippen LogP contribution in [0.1, 0.15) is 68.9 Å². The Morgan fingerprint density at radius 1 is 1.09 bits per heavy atom. The molecule has 0 bridgehead atoms. The highest BCUT2D eigenvalue weighted by molar-refractivity contribution is 5.98. The number of carbonyl (C=O) groups excluding carboxylic acids is 5. The molecule has 1 saturated carbocycles. The van der Waals surface area contributed by atoms with Gasteiger partial charge >= 0.3 is 12.3 Å². The summed E-state index contributed by atoms with van der Waals surface area (Å²) in [4.78, 5) is 68.4. The zero-order valence-electron chi connectivity index (χ0n) is 24.8. The normalized spacial score (nSPS) is 29.3. The maximum Gasteiger partial charge on any atom is 0.410 e. The van der Waals surface area contributed by atoms with E-state index in [0.29, 0.717) is 38.8 Å². The molecule has 0 radical (unpaired) electrons. The number of nitrogens with two attached hydrogens (primary N) is 1. The number of hydrogen-bond donors (Lipinski definition) is 3. The molecule has 14 heteroatoms. The Labute approximate surface area is 258 Å². The second-order valence-electron chi connectivity index (χ2n) is 12.3. The molecule has 5 amide bonds. The monoisotopic (exact) mass is 633 g/mol. The lowest BCUT2D eigenvalue weighted by Gasteiger charge is -2.29. The third-order valence-corrected chi connectivity index (χ3v) is 9.02. The van der Waals surface area contributed by atoms with Crippen LogP contribution in [0.4, 0.5) is 18.0 Å². The molecule has 3 aliphatic heterocycles. The van der Waals surface area contributed by atoms with Gasteiger partial charge in [0, 0.05) is 31.8 Å². The van der Waals surface area contributed by atoms with Crippen LogP contribution in [0.25, 0.3) is 0 Å². The van der Waals surface area contributed by atoms with Gasteiger partial charge < -0.3 is 26.0 Å². The van der Waals surface area contributed by atoms with Crippen molar-refractivity contribution in [3.05, 3.63) is 47.5 Å². The first-order valence-corrected chi connectivity index (χ1v) is 15.3. The maximum absolute atomic E-state index is 13.9. The fourth-order valence-corrected chi connectivity index (χ4v) is 6.39. The van der Waals surface area contributed by atoms with Gasteiger partial charge in [-0.3, -0.25) is 24.1 Å². The Morgan fingerprint density at radius 2 is 1.80 bits per heavy atom. The average molecular weight is 634 g/mol. The highest BCUT2D eigenvalue weighted by Crippen LogP contribution is 2.45. The van der Waals surface area contributed by atoms with Gasteiger partial charge in [0.25, 0.3) is 0 Å². The van der Waals surface area contributed by atoms with Crippen LogP contribution < -0.4 is 16.4 Å². The van der Waals surface area contributed by atoms with Crippen LogP contribution in [-0.2, 0) is 37.0 Å². The first kappa shape index (κ1) is 32.3. The lowest BCUT2D eigenvalue weighted by molar-refractivity contribution is -0.146. The molecule has 1 saturated heterocycles. The third kappa shape index (κ3) is 7.59. The minimum Gasteiger partial charge on any atom is -0.444 e. The summed E-state index contributed by atoms with van der Waals surface area (Å²) >= 11 is 0. The van der Waals surface area contributed by atoms with E-state index in [1.54, 1.807) is 0 Å². The van der Waals surface area contributed by atoms with Crippen molar-refractivity contribution in [2.24, 2.45) is 11.7 Å². The summed E-state index contributed by atoms with van der Waals surface area (Å²) < 4.78 is 44.1. The molecule has 1 aliphatic carbocycles.